The average Bonchev–Trinajstić information content (AvgIpc) is 2.22. The van der Waals surface area contributed by atoms with Gasteiger partial charge < -0.3 is 15.6 Å². The number of alkyl halides is 1. The van der Waals surface area contributed by atoms with Crippen molar-refractivity contribution >= 4 is 0 Å². The highest BCUT2D eigenvalue weighted by Crippen LogP contribution is 2.33. The van der Waals surface area contributed by atoms with E-state index in [2.05, 4.69) is 0 Å². The molecule has 0 unspecified atom stereocenters. The fraction of sp³-hybridized carbons (Fsp3) is 0.455. The zero-order valence-corrected chi connectivity index (χ0v) is 8.74. The van der Waals surface area contributed by atoms with Crippen molar-refractivity contribution in [1.29, 1.82) is 0 Å². The minimum absolute atomic E-state index is 0.0142. The molecule has 0 bridgehead atoms. The molecule has 3 nitrogen and oxygen atoms in total. The van der Waals surface area contributed by atoms with Crippen LogP contribution in [-0.4, -0.2) is 18.4 Å². The Kier molecular flexibility index (Phi) is 4.37. The Morgan fingerprint density at radius 3 is 2.87 bits per heavy atom. The van der Waals surface area contributed by atoms with Crippen molar-refractivity contribution in [1.82, 2.24) is 0 Å². The Morgan fingerprint density at radius 2 is 2.27 bits per heavy atom. The lowest BCUT2D eigenvalue weighted by molar-refractivity contribution is 0.315. The molecule has 0 spiro atoms. The summed E-state index contributed by atoms with van der Waals surface area (Å²) in [5.41, 5.74) is 6.24. The number of phenols is 1. The Balaban J connectivity index is 2.92. The van der Waals surface area contributed by atoms with E-state index in [4.69, 9.17) is 10.5 Å². The third-order valence-corrected chi connectivity index (χ3v) is 2.15. The monoisotopic (exact) mass is 213 g/mol. The molecule has 0 aliphatic rings. The van der Waals surface area contributed by atoms with Gasteiger partial charge in [0.1, 0.15) is 0 Å². The molecule has 3 N–H and O–H groups in total. The van der Waals surface area contributed by atoms with Crippen LogP contribution in [0.4, 0.5) is 4.39 Å². The smallest absolute Gasteiger partial charge is 0.162 e. The molecule has 1 atom stereocenters. The number of halogens is 1. The standard InChI is InChI=1S/C11H16FNO2/c1-2-15-10-5-3-4-8(11(10)14)9(13)6-7-12/h3-5,9,14H,2,6-7,13H2,1H3/t9-/m0/s1. The van der Waals surface area contributed by atoms with E-state index >= 15 is 0 Å². The Morgan fingerprint density at radius 1 is 1.53 bits per heavy atom. The largest absolute Gasteiger partial charge is 0.504 e. The number of rotatable bonds is 5. The molecule has 84 valence electrons. The lowest BCUT2D eigenvalue weighted by atomic mass is 10.0. The molecule has 15 heavy (non-hydrogen) atoms. The summed E-state index contributed by atoms with van der Waals surface area (Å²) in [7, 11) is 0. The highest BCUT2D eigenvalue weighted by Gasteiger charge is 2.13. The number of para-hydroxylation sites is 1. The van der Waals surface area contributed by atoms with Crippen LogP contribution in [0.25, 0.3) is 0 Å². The summed E-state index contributed by atoms with van der Waals surface area (Å²) in [6, 6.07) is 4.58. The van der Waals surface area contributed by atoms with E-state index in [0.29, 0.717) is 17.9 Å². The molecule has 0 aliphatic heterocycles. The van der Waals surface area contributed by atoms with Crippen LogP contribution in [0.3, 0.4) is 0 Å². The predicted molar refractivity (Wildman–Crippen MR) is 56.8 cm³/mol. The molecule has 0 saturated carbocycles. The molecular weight excluding hydrogens is 197 g/mol. The number of ether oxygens (including phenoxy) is 1. The van der Waals surface area contributed by atoms with E-state index < -0.39 is 12.7 Å². The van der Waals surface area contributed by atoms with Crippen molar-refractivity contribution < 1.29 is 14.2 Å². The lowest BCUT2D eigenvalue weighted by Gasteiger charge is -2.14. The number of phenolic OH excluding ortho intramolecular Hbond substituents is 1. The van der Waals surface area contributed by atoms with Gasteiger partial charge in [-0.15, -0.1) is 0 Å². The molecule has 0 saturated heterocycles. The first-order valence-electron chi connectivity index (χ1n) is 4.97. The van der Waals surface area contributed by atoms with Crippen LogP contribution in [-0.2, 0) is 0 Å². The van der Waals surface area contributed by atoms with Crippen LogP contribution < -0.4 is 10.5 Å². The van der Waals surface area contributed by atoms with E-state index in [9.17, 15) is 9.50 Å². The predicted octanol–water partition coefficient (Wildman–Crippen LogP) is 2.15. The Labute approximate surface area is 88.7 Å². The fourth-order valence-corrected chi connectivity index (χ4v) is 1.38. The topological polar surface area (TPSA) is 55.5 Å². The van der Waals surface area contributed by atoms with Crippen molar-refractivity contribution in [2.45, 2.75) is 19.4 Å². The average molecular weight is 213 g/mol. The molecule has 4 heteroatoms. The minimum Gasteiger partial charge on any atom is -0.504 e. The quantitative estimate of drug-likeness (QED) is 0.788. The van der Waals surface area contributed by atoms with Gasteiger partial charge in [-0.05, 0) is 19.4 Å². The van der Waals surface area contributed by atoms with Gasteiger partial charge in [0, 0.05) is 11.6 Å². The summed E-state index contributed by atoms with van der Waals surface area (Å²) in [4.78, 5) is 0. The molecule has 1 aromatic rings. The van der Waals surface area contributed by atoms with Gasteiger partial charge in [-0.3, -0.25) is 4.39 Å². The maximum atomic E-state index is 12.1. The molecule has 0 aliphatic carbocycles. The van der Waals surface area contributed by atoms with Crippen LogP contribution in [0.1, 0.15) is 24.9 Å². The molecule has 1 aromatic carbocycles. The summed E-state index contributed by atoms with van der Waals surface area (Å²) in [6.07, 6.45) is 0.198. The number of benzene rings is 1. The maximum absolute atomic E-state index is 12.1. The first-order chi connectivity index (χ1) is 7.20. The molecule has 0 heterocycles. The summed E-state index contributed by atoms with van der Waals surface area (Å²) >= 11 is 0. The molecule has 0 amide bonds. The summed E-state index contributed by atoms with van der Waals surface area (Å²) in [5.74, 6) is 0.407. The normalized spacial score (nSPS) is 12.5. The first-order valence-corrected chi connectivity index (χ1v) is 4.97. The van der Waals surface area contributed by atoms with Gasteiger partial charge in [-0.25, -0.2) is 0 Å². The second kappa shape index (κ2) is 5.56. The second-order valence-corrected chi connectivity index (χ2v) is 3.21. The third-order valence-electron chi connectivity index (χ3n) is 2.15. The third kappa shape index (κ3) is 2.83. The second-order valence-electron chi connectivity index (χ2n) is 3.21. The zero-order chi connectivity index (χ0) is 11.3. The number of hydrogen-bond acceptors (Lipinski definition) is 3. The Hall–Kier alpha value is -1.29. The molecule has 0 radical (unpaired) electrons. The van der Waals surface area contributed by atoms with Gasteiger partial charge in [0.2, 0.25) is 0 Å². The minimum atomic E-state index is -0.501. The van der Waals surface area contributed by atoms with Crippen molar-refractivity contribution in [3.63, 3.8) is 0 Å². The molecule has 1 rings (SSSR count). The van der Waals surface area contributed by atoms with Crippen LogP contribution in [0.15, 0.2) is 18.2 Å². The number of nitrogens with two attached hydrogens (primary N) is 1. The first kappa shape index (κ1) is 11.8. The van der Waals surface area contributed by atoms with Crippen molar-refractivity contribution in [2.24, 2.45) is 5.73 Å². The maximum Gasteiger partial charge on any atom is 0.162 e. The summed E-state index contributed by atoms with van der Waals surface area (Å²) < 4.78 is 17.3. The van der Waals surface area contributed by atoms with Gasteiger partial charge in [-0.2, -0.15) is 0 Å². The van der Waals surface area contributed by atoms with Gasteiger partial charge in [0.05, 0.1) is 13.3 Å². The molecule has 0 fully saturated rings. The lowest BCUT2D eigenvalue weighted by Crippen LogP contribution is -2.11. The van der Waals surface area contributed by atoms with E-state index in [-0.39, 0.29) is 12.2 Å². The van der Waals surface area contributed by atoms with Crippen LogP contribution in [0.5, 0.6) is 11.5 Å². The summed E-state index contributed by atoms with van der Waals surface area (Å²) in [6.45, 7) is 1.79. The molecular formula is C11H16FNO2. The number of hydrogen-bond donors (Lipinski definition) is 2. The van der Waals surface area contributed by atoms with E-state index in [1.54, 1.807) is 18.2 Å². The SMILES string of the molecule is CCOc1cccc([C@@H](N)CCF)c1O. The summed E-state index contributed by atoms with van der Waals surface area (Å²) in [5, 5.41) is 9.79. The molecule has 0 aromatic heterocycles. The van der Waals surface area contributed by atoms with E-state index in [1.807, 2.05) is 6.92 Å². The van der Waals surface area contributed by atoms with Crippen LogP contribution in [0.2, 0.25) is 0 Å². The highest BCUT2D eigenvalue weighted by molar-refractivity contribution is 5.46. The highest BCUT2D eigenvalue weighted by atomic mass is 19.1. The fourth-order valence-electron chi connectivity index (χ4n) is 1.38. The van der Waals surface area contributed by atoms with E-state index in [1.165, 1.54) is 0 Å². The van der Waals surface area contributed by atoms with Gasteiger partial charge >= 0.3 is 0 Å². The number of aromatic hydroxyl groups is 1. The van der Waals surface area contributed by atoms with Gasteiger partial charge in [-0.1, -0.05) is 12.1 Å². The van der Waals surface area contributed by atoms with Crippen molar-refractivity contribution in [3.05, 3.63) is 23.8 Å². The van der Waals surface area contributed by atoms with E-state index in [0.717, 1.165) is 0 Å². The Bertz CT molecular complexity index is 317. The van der Waals surface area contributed by atoms with Crippen LogP contribution >= 0.6 is 0 Å². The van der Waals surface area contributed by atoms with Crippen LogP contribution in [0, 0.1) is 0 Å². The van der Waals surface area contributed by atoms with Gasteiger partial charge in [0.15, 0.2) is 11.5 Å². The van der Waals surface area contributed by atoms with Gasteiger partial charge in [0.25, 0.3) is 0 Å². The van der Waals surface area contributed by atoms with Crippen molar-refractivity contribution in [2.75, 3.05) is 13.3 Å². The zero-order valence-electron chi connectivity index (χ0n) is 8.74. The van der Waals surface area contributed by atoms with Crippen molar-refractivity contribution in [3.8, 4) is 11.5 Å².